The first-order chi connectivity index (χ1) is 4.72. The molecule has 0 saturated carbocycles. The van der Waals surface area contributed by atoms with E-state index in [9.17, 15) is 9.90 Å². The predicted molar refractivity (Wildman–Crippen MR) is 40.1 cm³/mol. The molecule has 0 unspecified atom stereocenters. The average molecular weight is 173 g/mol. The van der Waals surface area contributed by atoms with Gasteiger partial charge in [-0.15, -0.1) is 0 Å². The van der Waals surface area contributed by atoms with Gasteiger partial charge in [0.1, 0.15) is 0 Å². The van der Waals surface area contributed by atoms with Gasteiger partial charge in [0.2, 0.25) is 0 Å². The highest BCUT2D eigenvalue weighted by molar-refractivity contribution is 5.90. The van der Waals surface area contributed by atoms with E-state index in [0.717, 1.165) is 0 Å². The molecular formula is C7H9O5-. The van der Waals surface area contributed by atoms with Crippen LogP contribution in [0.5, 0.6) is 5.75 Å². The second kappa shape index (κ2) is 5.11. The van der Waals surface area contributed by atoms with Crippen LogP contribution in [0, 0.1) is 0 Å². The number of hydrogen-bond acceptors (Lipinski definition) is 2. The third-order valence-corrected chi connectivity index (χ3v) is 1.12. The molecule has 0 aromatic heterocycles. The first-order valence-corrected chi connectivity index (χ1v) is 2.71. The summed E-state index contributed by atoms with van der Waals surface area (Å²) < 4.78 is 0. The third-order valence-electron chi connectivity index (χ3n) is 1.12. The molecule has 5 heteroatoms. The third kappa shape index (κ3) is 2.57. The lowest BCUT2D eigenvalue weighted by Gasteiger charge is -2.07. The van der Waals surface area contributed by atoms with Crippen LogP contribution in [0.4, 0.5) is 0 Å². The molecule has 0 saturated heterocycles. The van der Waals surface area contributed by atoms with Crippen LogP contribution in [0.2, 0.25) is 0 Å². The molecule has 12 heavy (non-hydrogen) atoms. The van der Waals surface area contributed by atoms with Crippen molar-refractivity contribution in [3.05, 3.63) is 29.8 Å². The summed E-state index contributed by atoms with van der Waals surface area (Å²) in [6, 6.07) is 5.54. The number of para-hydroxylation sites is 1. The van der Waals surface area contributed by atoms with Gasteiger partial charge in [-0.25, -0.2) is 4.79 Å². The summed E-state index contributed by atoms with van der Waals surface area (Å²) in [5.41, 5.74) is -0.178. The molecule has 0 atom stereocenters. The summed E-state index contributed by atoms with van der Waals surface area (Å²) in [6.07, 6.45) is 0. The molecule has 5 N–H and O–H groups in total. The molecule has 0 radical (unpaired) electrons. The second-order valence-corrected chi connectivity index (χ2v) is 1.80. The Morgan fingerprint density at radius 3 is 2.08 bits per heavy atom. The lowest BCUT2D eigenvalue weighted by atomic mass is 10.2. The Morgan fingerprint density at radius 1 is 1.25 bits per heavy atom. The molecule has 1 rings (SSSR count). The van der Waals surface area contributed by atoms with Crippen LogP contribution >= 0.6 is 0 Å². The fourth-order valence-corrected chi connectivity index (χ4v) is 0.643. The van der Waals surface area contributed by atoms with E-state index in [4.69, 9.17) is 5.11 Å². The quantitative estimate of drug-likeness (QED) is 0.573. The van der Waals surface area contributed by atoms with Crippen molar-refractivity contribution in [1.82, 2.24) is 0 Å². The van der Waals surface area contributed by atoms with E-state index in [1.165, 1.54) is 24.3 Å². The Balaban J connectivity index is 0. The molecule has 0 fully saturated rings. The van der Waals surface area contributed by atoms with E-state index in [1.807, 2.05) is 0 Å². The van der Waals surface area contributed by atoms with Crippen LogP contribution in [-0.4, -0.2) is 22.0 Å². The predicted octanol–water partition coefficient (Wildman–Crippen LogP) is -1.19. The van der Waals surface area contributed by atoms with E-state index in [1.54, 1.807) is 0 Å². The van der Waals surface area contributed by atoms with Crippen molar-refractivity contribution in [2.75, 3.05) is 0 Å². The van der Waals surface area contributed by atoms with Gasteiger partial charge in [0.15, 0.2) is 0 Å². The number of carbonyl (C=O) groups is 1. The van der Waals surface area contributed by atoms with Crippen molar-refractivity contribution in [3.8, 4) is 5.75 Å². The van der Waals surface area contributed by atoms with Crippen molar-refractivity contribution in [2.45, 2.75) is 0 Å². The van der Waals surface area contributed by atoms with E-state index < -0.39 is 11.7 Å². The van der Waals surface area contributed by atoms with Crippen molar-refractivity contribution >= 4 is 5.97 Å². The maximum Gasteiger partial charge on any atom is 0.335 e. The Morgan fingerprint density at radius 2 is 1.75 bits per heavy atom. The molecule has 0 aliphatic heterocycles. The lowest BCUT2D eigenvalue weighted by Crippen LogP contribution is -2.02. The Kier molecular flexibility index (Phi) is 5.55. The highest BCUT2D eigenvalue weighted by Gasteiger charge is 1.99. The molecule has 0 bridgehead atoms. The molecule has 68 valence electrons. The molecule has 1 aromatic carbocycles. The van der Waals surface area contributed by atoms with Crippen LogP contribution < -0.4 is 5.11 Å². The summed E-state index contributed by atoms with van der Waals surface area (Å²) in [6.45, 7) is 0. The van der Waals surface area contributed by atoms with Gasteiger partial charge < -0.3 is 21.2 Å². The molecule has 0 aliphatic carbocycles. The van der Waals surface area contributed by atoms with Crippen molar-refractivity contribution in [2.24, 2.45) is 0 Å². The van der Waals surface area contributed by atoms with E-state index >= 15 is 0 Å². The topological polar surface area (TPSA) is 123 Å². The van der Waals surface area contributed by atoms with Crippen LogP contribution in [0.1, 0.15) is 10.4 Å². The highest BCUT2D eigenvalue weighted by Crippen LogP contribution is 2.10. The number of rotatable bonds is 1. The molecule has 0 spiro atoms. The number of aromatic carboxylic acids is 1. The smallest absolute Gasteiger partial charge is 0.335 e. The SMILES string of the molecule is O.O.O=C(O)c1ccccc1[O-]. The fraction of sp³-hybridized carbons (Fsp3) is 0. The van der Waals surface area contributed by atoms with Crippen LogP contribution in [0.3, 0.4) is 0 Å². The van der Waals surface area contributed by atoms with Gasteiger partial charge in [0, 0.05) is 0 Å². The minimum absolute atomic E-state index is 0. The second-order valence-electron chi connectivity index (χ2n) is 1.80. The zero-order valence-corrected chi connectivity index (χ0v) is 6.07. The lowest BCUT2D eigenvalue weighted by molar-refractivity contribution is -0.268. The summed E-state index contributed by atoms with van der Waals surface area (Å²) in [5, 5.41) is 19.0. The Hall–Kier alpha value is -1.59. The zero-order valence-electron chi connectivity index (χ0n) is 6.07. The number of carboxylic acids is 1. The zero-order chi connectivity index (χ0) is 7.56. The summed E-state index contributed by atoms with van der Waals surface area (Å²) in [4.78, 5) is 10.2. The molecule has 1 aromatic rings. The van der Waals surface area contributed by atoms with E-state index in [2.05, 4.69) is 0 Å². The highest BCUT2D eigenvalue weighted by atomic mass is 16.4. The fourth-order valence-electron chi connectivity index (χ4n) is 0.643. The largest absolute Gasteiger partial charge is 0.872 e. The number of carboxylic acid groups (broad SMARTS) is 1. The summed E-state index contributed by atoms with van der Waals surface area (Å²) in [5.74, 6) is -1.62. The monoisotopic (exact) mass is 173 g/mol. The van der Waals surface area contributed by atoms with Crippen LogP contribution in [0.15, 0.2) is 24.3 Å². The minimum Gasteiger partial charge on any atom is -0.872 e. The van der Waals surface area contributed by atoms with Gasteiger partial charge in [-0.3, -0.25) is 0 Å². The molecular weight excluding hydrogens is 164 g/mol. The van der Waals surface area contributed by atoms with Gasteiger partial charge in [-0.05, 0) is 6.07 Å². The number of hydrogen-bond donors (Lipinski definition) is 1. The Labute approximate surface area is 68.5 Å². The first-order valence-electron chi connectivity index (χ1n) is 2.71. The molecule has 0 amide bonds. The maximum atomic E-state index is 10.7. The van der Waals surface area contributed by atoms with Crippen molar-refractivity contribution < 1.29 is 26.0 Å². The van der Waals surface area contributed by atoms with Gasteiger partial charge in [0.25, 0.3) is 0 Å². The van der Waals surface area contributed by atoms with Gasteiger partial charge in [-0.2, -0.15) is 0 Å². The standard InChI is InChI=1S/C7H6O3.2H2O/c8-6-4-2-1-3-5(6)7(9)10;;/h1-4,8H,(H,9,10);2*1H2/p-1. The molecule has 0 heterocycles. The summed E-state index contributed by atoms with van der Waals surface area (Å²) >= 11 is 0. The average Bonchev–Trinajstić information content (AvgIpc) is 1.88. The van der Waals surface area contributed by atoms with E-state index in [0.29, 0.717) is 0 Å². The van der Waals surface area contributed by atoms with Gasteiger partial charge >= 0.3 is 5.97 Å². The molecule has 5 nitrogen and oxygen atoms in total. The van der Waals surface area contributed by atoms with Gasteiger partial charge in [0.05, 0.1) is 5.56 Å². The van der Waals surface area contributed by atoms with Crippen LogP contribution in [-0.2, 0) is 0 Å². The van der Waals surface area contributed by atoms with Gasteiger partial charge in [-0.1, -0.05) is 23.9 Å². The normalized spacial score (nSPS) is 7.67. The van der Waals surface area contributed by atoms with Crippen molar-refractivity contribution in [3.63, 3.8) is 0 Å². The van der Waals surface area contributed by atoms with Crippen LogP contribution in [0.25, 0.3) is 0 Å². The minimum atomic E-state index is -1.18. The Bertz CT molecular complexity index is 258. The maximum absolute atomic E-state index is 10.7. The van der Waals surface area contributed by atoms with Crippen molar-refractivity contribution in [1.29, 1.82) is 0 Å². The molecule has 0 aliphatic rings. The van der Waals surface area contributed by atoms with E-state index in [-0.39, 0.29) is 16.5 Å². The summed E-state index contributed by atoms with van der Waals surface area (Å²) in [7, 11) is 0. The number of benzene rings is 1. The first kappa shape index (κ1) is 13.0.